The number of benzene rings is 3. The first kappa shape index (κ1) is 33.6. The van der Waals surface area contributed by atoms with Crippen LogP contribution in [-0.2, 0) is 32.9 Å². The second kappa shape index (κ2) is 14.5. The monoisotopic (exact) mass is 687 g/mol. The van der Waals surface area contributed by atoms with Crippen LogP contribution in [0.5, 0.6) is 5.75 Å². The number of halogens is 2. The standard InChI is InChI=1S/C37H39ClFN5O3S/c1-4-41-44-15-5-7-26(44)20-30-31(38)13-12-29-28(36(37(45)46)43(3)35(29)30)8-6-16-47-32-18-23(17-24-19-25(39)10-11-27(24)32)9-14-33-22(2)42-34(21-40)48-33/h4,10-13,17-20H,5-9,14-16,21,40H2,1-3H3,(H,45,46)/b26-20+,41-4+. The van der Waals surface area contributed by atoms with Crippen molar-refractivity contribution in [2.45, 2.75) is 58.9 Å². The Labute approximate surface area is 288 Å². The quantitative estimate of drug-likeness (QED) is 0.101. The van der Waals surface area contributed by atoms with Crippen molar-refractivity contribution in [1.29, 1.82) is 0 Å². The molecular weight excluding hydrogens is 649 g/mol. The van der Waals surface area contributed by atoms with E-state index in [-0.39, 0.29) is 11.5 Å². The van der Waals surface area contributed by atoms with Gasteiger partial charge < -0.3 is 20.1 Å². The van der Waals surface area contributed by atoms with E-state index in [4.69, 9.17) is 22.1 Å². The van der Waals surface area contributed by atoms with Crippen molar-refractivity contribution in [1.82, 2.24) is 14.6 Å². The highest BCUT2D eigenvalue weighted by molar-refractivity contribution is 7.11. The molecule has 3 aromatic carbocycles. The molecule has 0 aliphatic carbocycles. The molecule has 0 bridgehead atoms. The number of fused-ring (bicyclic) bond motifs is 2. The van der Waals surface area contributed by atoms with E-state index in [0.29, 0.717) is 36.8 Å². The molecule has 48 heavy (non-hydrogen) atoms. The number of nitrogens with two attached hydrogens (primary N) is 1. The summed E-state index contributed by atoms with van der Waals surface area (Å²) in [4.78, 5) is 18.3. The first-order valence-electron chi connectivity index (χ1n) is 16.2. The molecule has 0 atom stereocenters. The third-order valence-electron chi connectivity index (χ3n) is 8.87. The Morgan fingerprint density at radius 1 is 1.19 bits per heavy atom. The van der Waals surface area contributed by atoms with Crippen LogP contribution in [0.25, 0.3) is 27.8 Å². The van der Waals surface area contributed by atoms with E-state index >= 15 is 0 Å². The van der Waals surface area contributed by atoms with E-state index in [1.54, 1.807) is 35.2 Å². The molecule has 2 aromatic heterocycles. The molecule has 250 valence electrons. The maximum absolute atomic E-state index is 14.3. The Bertz CT molecular complexity index is 2070. The molecule has 11 heteroatoms. The number of hydrazone groups is 1. The van der Waals surface area contributed by atoms with Gasteiger partial charge in [0.05, 0.1) is 17.8 Å². The molecular formula is C37H39ClFN5O3S. The molecule has 1 aliphatic heterocycles. The largest absolute Gasteiger partial charge is 0.493 e. The average Bonchev–Trinajstić information content (AvgIpc) is 3.74. The van der Waals surface area contributed by atoms with Crippen molar-refractivity contribution in [2.24, 2.45) is 17.9 Å². The van der Waals surface area contributed by atoms with Crippen LogP contribution in [0.2, 0.25) is 5.02 Å². The van der Waals surface area contributed by atoms with E-state index in [2.05, 4.69) is 10.1 Å². The van der Waals surface area contributed by atoms with Crippen LogP contribution < -0.4 is 10.5 Å². The minimum atomic E-state index is -0.993. The van der Waals surface area contributed by atoms with Crippen molar-refractivity contribution in [3.8, 4) is 5.75 Å². The normalized spacial score (nSPS) is 14.4. The predicted octanol–water partition coefficient (Wildman–Crippen LogP) is 8.29. The smallest absolute Gasteiger partial charge is 0.352 e. The number of rotatable bonds is 12. The molecule has 0 saturated carbocycles. The minimum absolute atomic E-state index is 0.237. The van der Waals surface area contributed by atoms with Gasteiger partial charge in [0.2, 0.25) is 0 Å². The Hall–Kier alpha value is -4.25. The molecule has 1 saturated heterocycles. The maximum Gasteiger partial charge on any atom is 0.352 e. The topological polar surface area (TPSA) is 106 Å². The summed E-state index contributed by atoms with van der Waals surface area (Å²) >= 11 is 8.38. The van der Waals surface area contributed by atoms with E-state index in [1.807, 2.05) is 49.2 Å². The highest BCUT2D eigenvalue weighted by Gasteiger charge is 2.24. The summed E-state index contributed by atoms with van der Waals surface area (Å²) < 4.78 is 22.4. The fourth-order valence-electron chi connectivity index (χ4n) is 6.69. The third kappa shape index (κ3) is 6.83. The van der Waals surface area contributed by atoms with E-state index < -0.39 is 5.97 Å². The number of carbonyl (C=O) groups is 1. The summed E-state index contributed by atoms with van der Waals surface area (Å²) in [6.07, 6.45) is 8.28. The van der Waals surface area contributed by atoms with E-state index in [0.717, 1.165) is 87.0 Å². The number of aromatic carboxylic acids is 1. The van der Waals surface area contributed by atoms with Crippen LogP contribution in [-0.4, -0.2) is 45.0 Å². The molecule has 6 rings (SSSR count). The van der Waals surface area contributed by atoms with Gasteiger partial charge in [-0.15, -0.1) is 11.3 Å². The molecule has 0 spiro atoms. The van der Waals surface area contributed by atoms with Crippen molar-refractivity contribution < 1.29 is 19.0 Å². The summed E-state index contributed by atoms with van der Waals surface area (Å²) in [5.41, 5.74) is 11.4. The number of aromatic nitrogens is 2. The molecule has 1 aliphatic rings. The number of thiazole rings is 1. The lowest BCUT2D eigenvalue weighted by atomic mass is 10.0. The highest BCUT2D eigenvalue weighted by atomic mass is 35.5. The summed E-state index contributed by atoms with van der Waals surface area (Å²) in [6, 6.07) is 12.5. The fourth-order valence-corrected chi connectivity index (χ4v) is 7.84. The summed E-state index contributed by atoms with van der Waals surface area (Å²) in [6.45, 7) is 5.49. The van der Waals surface area contributed by atoms with Crippen LogP contribution in [0.1, 0.15) is 68.9 Å². The summed E-state index contributed by atoms with van der Waals surface area (Å²) in [5.74, 6) is -0.616. The van der Waals surface area contributed by atoms with Gasteiger partial charge in [0.15, 0.2) is 0 Å². The predicted molar refractivity (Wildman–Crippen MR) is 193 cm³/mol. The lowest BCUT2D eigenvalue weighted by molar-refractivity contribution is 0.0685. The first-order chi connectivity index (χ1) is 23.2. The SMILES string of the molecule is C/C=N/N1CCC/C1=C\c1c(Cl)ccc2c(CCCOc3cc(CCc4sc(CN)nc4C)cc4cc(F)ccc34)c(C(=O)O)n(C)c12. The van der Waals surface area contributed by atoms with Gasteiger partial charge in [-0.25, -0.2) is 14.2 Å². The van der Waals surface area contributed by atoms with Gasteiger partial charge in [0.1, 0.15) is 22.3 Å². The van der Waals surface area contributed by atoms with Gasteiger partial charge in [-0.1, -0.05) is 23.7 Å². The zero-order valence-electron chi connectivity index (χ0n) is 27.4. The van der Waals surface area contributed by atoms with Crippen LogP contribution >= 0.6 is 22.9 Å². The second-order valence-corrected chi connectivity index (χ2v) is 13.6. The molecule has 3 N–H and O–H groups in total. The van der Waals surface area contributed by atoms with Crippen LogP contribution in [0.15, 0.2) is 53.3 Å². The summed E-state index contributed by atoms with van der Waals surface area (Å²) in [5, 5.41) is 20.7. The number of allylic oxidation sites excluding steroid dienone is 1. The molecule has 0 amide bonds. The number of hydrogen-bond donors (Lipinski definition) is 2. The minimum Gasteiger partial charge on any atom is -0.493 e. The van der Waals surface area contributed by atoms with Crippen LogP contribution in [0.4, 0.5) is 4.39 Å². The maximum atomic E-state index is 14.3. The Kier molecular flexibility index (Phi) is 10.1. The summed E-state index contributed by atoms with van der Waals surface area (Å²) in [7, 11) is 1.78. The molecule has 0 radical (unpaired) electrons. The van der Waals surface area contributed by atoms with Crippen LogP contribution in [0.3, 0.4) is 0 Å². The van der Waals surface area contributed by atoms with Gasteiger partial charge in [-0.3, -0.25) is 5.01 Å². The number of hydrogen-bond acceptors (Lipinski definition) is 7. The zero-order valence-corrected chi connectivity index (χ0v) is 28.9. The van der Waals surface area contributed by atoms with Gasteiger partial charge in [0, 0.05) is 58.3 Å². The number of nitrogens with zero attached hydrogens (tertiary/aromatic N) is 4. The zero-order chi connectivity index (χ0) is 33.9. The number of carboxylic acid groups (broad SMARTS) is 1. The number of aryl methyl sites for hydroxylation is 5. The lowest BCUT2D eigenvalue weighted by Gasteiger charge is -2.14. The first-order valence-corrected chi connectivity index (χ1v) is 17.4. The molecule has 8 nitrogen and oxygen atoms in total. The lowest BCUT2D eigenvalue weighted by Crippen LogP contribution is -2.10. The molecule has 5 aromatic rings. The Balaban J connectivity index is 1.25. The van der Waals surface area contributed by atoms with E-state index in [1.165, 1.54) is 17.0 Å². The van der Waals surface area contributed by atoms with Gasteiger partial charge >= 0.3 is 5.97 Å². The Morgan fingerprint density at radius 2 is 2.00 bits per heavy atom. The Morgan fingerprint density at radius 3 is 2.75 bits per heavy atom. The number of carboxylic acids is 1. The van der Waals surface area contributed by atoms with Crippen molar-refractivity contribution in [2.75, 3.05) is 13.2 Å². The van der Waals surface area contributed by atoms with Gasteiger partial charge in [-0.2, -0.15) is 5.10 Å². The third-order valence-corrected chi connectivity index (χ3v) is 10.4. The van der Waals surface area contributed by atoms with Crippen molar-refractivity contribution in [3.05, 3.63) is 97.0 Å². The van der Waals surface area contributed by atoms with E-state index in [9.17, 15) is 14.3 Å². The molecule has 0 unspecified atom stereocenters. The van der Waals surface area contributed by atoms with Gasteiger partial charge in [0.25, 0.3) is 0 Å². The van der Waals surface area contributed by atoms with Crippen LogP contribution in [0, 0.1) is 12.7 Å². The highest BCUT2D eigenvalue weighted by Crippen LogP contribution is 2.37. The molecule has 3 heterocycles. The second-order valence-electron chi connectivity index (χ2n) is 12.0. The average molecular weight is 688 g/mol. The molecule has 1 fully saturated rings. The van der Waals surface area contributed by atoms with Crippen molar-refractivity contribution in [3.63, 3.8) is 0 Å². The van der Waals surface area contributed by atoms with Gasteiger partial charge in [-0.05, 0) is 105 Å². The van der Waals surface area contributed by atoms with Crippen molar-refractivity contribution >= 4 is 62.9 Å². The fraction of sp³-hybridized carbons (Fsp3) is 0.324. The number of ether oxygens (including phenoxy) is 1.